The van der Waals surface area contributed by atoms with Crippen LogP contribution in [0.5, 0.6) is 0 Å². The Bertz CT molecular complexity index is 1290. The molecule has 0 saturated carbocycles. The summed E-state index contributed by atoms with van der Waals surface area (Å²) >= 11 is 3.38. The molecule has 5 rings (SSSR count). The molecule has 0 fully saturated rings. The minimum atomic E-state index is 0.868. The molecule has 146 valence electrons. The standard InChI is InChI=1S/C25H19N3S2/c1-17-24(30-25(26-17)19-9-3-2-4-10-19)22-14-15-23(28-27-22)29-16-20-12-7-11-18-8-5-6-13-21(18)20/h2-15H,16H2,1H3. The predicted molar refractivity (Wildman–Crippen MR) is 127 cm³/mol. The third-order valence-electron chi connectivity index (χ3n) is 4.95. The molecule has 0 bridgehead atoms. The van der Waals surface area contributed by atoms with Crippen LogP contribution in [-0.2, 0) is 5.75 Å². The first-order valence-electron chi connectivity index (χ1n) is 9.74. The number of rotatable bonds is 5. The zero-order valence-corrected chi connectivity index (χ0v) is 18.1. The van der Waals surface area contributed by atoms with E-state index in [9.17, 15) is 0 Å². The molecule has 0 radical (unpaired) electrons. The van der Waals surface area contributed by atoms with Crippen LogP contribution < -0.4 is 0 Å². The van der Waals surface area contributed by atoms with E-state index < -0.39 is 0 Å². The van der Waals surface area contributed by atoms with Gasteiger partial charge in [0.25, 0.3) is 0 Å². The van der Waals surface area contributed by atoms with Crippen molar-refractivity contribution in [3.05, 3.63) is 96.2 Å². The lowest BCUT2D eigenvalue weighted by atomic mass is 10.1. The number of benzene rings is 3. The molecule has 30 heavy (non-hydrogen) atoms. The highest BCUT2D eigenvalue weighted by molar-refractivity contribution is 7.98. The Morgan fingerprint density at radius 1 is 0.800 bits per heavy atom. The van der Waals surface area contributed by atoms with Gasteiger partial charge in [-0.15, -0.1) is 21.5 Å². The van der Waals surface area contributed by atoms with E-state index in [2.05, 4.69) is 70.9 Å². The van der Waals surface area contributed by atoms with Crippen LogP contribution in [0.25, 0.3) is 31.9 Å². The van der Waals surface area contributed by atoms with Gasteiger partial charge in [-0.05, 0) is 35.4 Å². The Kier molecular flexibility index (Phi) is 5.30. The van der Waals surface area contributed by atoms with Crippen molar-refractivity contribution in [3.8, 4) is 21.1 Å². The number of thiazole rings is 1. The molecular formula is C25H19N3S2. The first kappa shape index (κ1) is 19.0. The molecule has 0 aliphatic carbocycles. The van der Waals surface area contributed by atoms with E-state index in [0.717, 1.165) is 37.6 Å². The number of nitrogens with zero attached hydrogens (tertiary/aromatic N) is 3. The SMILES string of the molecule is Cc1nc(-c2ccccc2)sc1-c1ccc(SCc2cccc3ccccc23)nn1. The summed E-state index contributed by atoms with van der Waals surface area (Å²) in [5.74, 6) is 0.868. The average Bonchev–Trinajstić information content (AvgIpc) is 3.20. The summed E-state index contributed by atoms with van der Waals surface area (Å²) in [5, 5.41) is 13.5. The second kappa shape index (κ2) is 8.38. The van der Waals surface area contributed by atoms with Gasteiger partial charge in [0.15, 0.2) is 0 Å². The van der Waals surface area contributed by atoms with E-state index in [1.165, 1.54) is 16.3 Å². The van der Waals surface area contributed by atoms with Crippen LogP contribution in [0.3, 0.4) is 0 Å². The van der Waals surface area contributed by atoms with Crippen LogP contribution in [0.2, 0.25) is 0 Å². The van der Waals surface area contributed by atoms with E-state index in [-0.39, 0.29) is 0 Å². The highest BCUT2D eigenvalue weighted by Crippen LogP contribution is 2.34. The number of fused-ring (bicyclic) bond motifs is 1. The fourth-order valence-electron chi connectivity index (χ4n) is 3.43. The van der Waals surface area contributed by atoms with Crippen molar-refractivity contribution < 1.29 is 0 Å². The average molecular weight is 426 g/mol. The third-order valence-corrected chi connectivity index (χ3v) is 7.14. The van der Waals surface area contributed by atoms with Gasteiger partial charge in [0.05, 0.1) is 10.6 Å². The molecule has 5 heteroatoms. The Morgan fingerprint density at radius 3 is 2.43 bits per heavy atom. The summed E-state index contributed by atoms with van der Waals surface area (Å²) in [6.45, 7) is 2.03. The van der Waals surface area contributed by atoms with E-state index in [1.54, 1.807) is 23.1 Å². The lowest BCUT2D eigenvalue weighted by Crippen LogP contribution is -1.90. The van der Waals surface area contributed by atoms with Crippen LogP contribution in [-0.4, -0.2) is 15.2 Å². The maximum Gasteiger partial charge on any atom is 0.124 e. The predicted octanol–water partition coefficient (Wildman–Crippen LogP) is 7.02. The molecule has 5 aromatic rings. The minimum Gasteiger partial charge on any atom is -0.241 e. The molecule has 0 saturated heterocycles. The van der Waals surface area contributed by atoms with Crippen LogP contribution in [0, 0.1) is 6.92 Å². The molecule has 0 aliphatic heterocycles. The molecule has 2 aromatic heterocycles. The summed E-state index contributed by atoms with van der Waals surface area (Å²) in [5.41, 5.74) is 4.31. The van der Waals surface area contributed by atoms with Crippen molar-refractivity contribution >= 4 is 33.9 Å². The maximum absolute atomic E-state index is 4.73. The largest absolute Gasteiger partial charge is 0.241 e. The number of hydrogen-bond acceptors (Lipinski definition) is 5. The normalized spacial score (nSPS) is 11.1. The Hall–Kier alpha value is -3.02. The van der Waals surface area contributed by atoms with E-state index in [4.69, 9.17) is 4.98 Å². The van der Waals surface area contributed by atoms with Gasteiger partial charge >= 0.3 is 0 Å². The molecule has 0 spiro atoms. The highest BCUT2D eigenvalue weighted by atomic mass is 32.2. The van der Waals surface area contributed by atoms with Crippen LogP contribution in [0.15, 0.2) is 90.0 Å². The van der Waals surface area contributed by atoms with Crippen molar-refractivity contribution in [3.63, 3.8) is 0 Å². The van der Waals surface area contributed by atoms with Gasteiger partial charge in [-0.1, -0.05) is 84.6 Å². The molecular weight excluding hydrogens is 406 g/mol. The summed E-state index contributed by atoms with van der Waals surface area (Å²) in [6, 6.07) is 29.3. The van der Waals surface area contributed by atoms with Crippen molar-refractivity contribution in [2.24, 2.45) is 0 Å². The van der Waals surface area contributed by atoms with Crippen molar-refractivity contribution in [1.29, 1.82) is 0 Å². The number of thioether (sulfide) groups is 1. The molecule has 0 atom stereocenters. The molecule has 0 N–H and O–H groups in total. The quantitative estimate of drug-likeness (QED) is 0.284. The monoisotopic (exact) mass is 425 g/mol. The van der Waals surface area contributed by atoms with Gasteiger partial charge in [0, 0.05) is 11.3 Å². The second-order valence-corrected chi connectivity index (χ2v) is 8.98. The first-order chi connectivity index (χ1) is 14.8. The fourth-order valence-corrected chi connectivity index (χ4v) is 5.28. The smallest absolute Gasteiger partial charge is 0.124 e. The molecule has 3 aromatic carbocycles. The minimum absolute atomic E-state index is 0.868. The molecule has 0 aliphatic rings. The van der Waals surface area contributed by atoms with Crippen molar-refractivity contribution in [1.82, 2.24) is 15.2 Å². The number of aryl methyl sites for hydroxylation is 1. The Morgan fingerprint density at radius 2 is 1.60 bits per heavy atom. The van der Waals surface area contributed by atoms with Gasteiger partial charge in [-0.3, -0.25) is 0 Å². The third kappa shape index (κ3) is 3.86. The van der Waals surface area contributed by atoms with Gasteiger partial charge in [-0.2, -0.15) is 0 Å². The summed E-state index contributed by atoms with van der Waals surface area (Å²) in [7, 11) is 0. The second-order valence-electron chi connectivity index (χ2n) is 6.98. The molecule has 2 heterocycles. The lowest BCUT2D eigenvalue weighted by molar-refractivity contribution is 0.936. The summed E-state index contributed by atoms with van der Waals surface area (Å²) in [4.78, 5) is 5.81. The number of hydrogen-bond donors (Lipinski definition) is 0. The maximum atomic E-state index is 4.73. The van der Waals surface area contributed by atoms with Crippen molar-refractivity contribution in [2.45, 2.75) is 17.7 Å². The van der Waals surface area contributed by atoms with E-state index >= 15 is 0 Å². The van der Waals surface area contributed by atoms with E-state index in [1.807, 2.05) is 31.2 Å². The summed E-state index contributed by atoms with van der Waals surface area (Å²) in [6.07, 6.45) is 0. The first-order valence-corrected chi connectivity index (χ1v) is 11.5. The molecule has 0 amide bonds. The topological polar surface area (TPSA) is 38.7 Å². The zero-order chi connectivity index (χ0) is 20.3. The van der Waals surface area contributed by atoms with Crippen LogP contribution >= 0.6 is 23.1 Å². The van der Waals surface area contributed by atoms with Crippen molar-refractivity contribution in [2.75, 3.05) is 0 Å². The molecule has 3 nitrogen and oxygen atoms in total. The van der Waals surface area contributed by atoms with Gasteiger partial charge < -0.3 is 0 Å². The fraction of sp³-hybridized carbons (Fsp3) is 0.0800. The zero-order valence-electron chi connectivity index (χ0n) is 16.4. The van der Waals surface area contributed by atoms with E-state index in [0.29, 0.717) is 0 Å². The van der Waals surface area contributed by atoms with Crippen LogP contribution in [0.1, 0.15) is 11.3 Å². The molecule has 0 unspecified atom stereocenters. The summed E-state index contributed by atoms with van der Waals surface area (Å²) < 4.78 is 0. The lowest BCUT2D eigenvalue weighted by Gasteiger charge is -2.06. The van der Waals surface area contributed by atoms with Crippen LogP contribution in [0.4, 0.5) is 0 Å². The Balaban J connectivity index is 1.34. The highest BCUT2D eigenvalue weighted by Gasteiger charge is 2.13. The van der Waals surface area contributed by atoms with Gasteiger partial charge in [0.2, 0.25) is 0 Å². The Labute approximate surface area is 183 Å². The van der Waals surface area contributed by atoms with Gasteiger partial charge in [-0.25, -0.2) is 4.98 Å². The number of aromatic nitrogens is 3. The van der Waals surface area contributed by atoms with Gasteiger partial charge in [0.1, 0.15) is 15.7 Å².